The average molecular weight is 247 g/mol. The molecule has 1 heterocycles. The first-order chi connectivity index (χ1) is 8.66. The van der Waals surface area contributed by atoms with Gasteiger partial charge in [0.1, 0.15) is 6.10 Å². The topological polar surface area (TPSA) is 40.5 Å². The zero-order valence-electron chi connectivity index (χ0n) is 10.9. The number of carbonyl (C=O) groups is 1. The van der Waals surface area contributed by atoms with Crippen molar-refractivity contribution in [3.8, 4) is 0 Å². The molecule has 1 aromatic rings. The summed E-state index contributed by atoms with van der Waals surface area (Å²) in [6.45, 7) is 3.88. The Bertz CT molecular complexity index is 399. The van der Waals surface area contributed by atoms with Gasteiger partial charge < -0.3 is 10.0 Å². The van der Waals surface area contributed by atoms with E-state index >= 15 is 0 Å². The van der Waals surface area contributed by atoms with Gasteiger partial charge in [0.05, 0.1) is 0 Å². The van der Waals surface area contributed by atoms with Crippen LogP contribution in [0.15, 0.2) is 24.3 Å². The summed E-state index contributed by atoms with van der Waals surface area (Å²) in [7, 11) is 0. The van der Waals surface area contributed by atoms with Gasteiger partial charge in [0.15, 0.2) is 5.78 Å². The van der Waals surface area contributed by atoms with Gasteiger partial charge >= 0.3 is 0 Å². The smallest absolute Gasteiger partial charge is 0.161 e. The Balaban J connectivity index is 2.04. The van der Waals surface area contributed by atoms with Crippen LogP contribution in [0.3, 0.4) is 0 Å². The van der Waals surface area contributed by atoms with Crippen LogP contribution >= 0.6 is 0 Å². The fourth-order valence-corrected chi connectivity index (χ4v) is 2.37. The van der Waals surface area contributed by atoms with Crippen LogP contribution < -0.4 is 4.90 Å². The second-order valence-corrected chi connectivity index (χ2v) is 5.05. The standard InChI is InChI=1S/C15H21NO2/c1-12-6-8-13(9-7-12)16-10-2-4-14(17)15(18)5-3-11-16/h6-9,14,17H,2-5,10-11H2,1H3. The molecule has 0 amide bonds. The van der Waals surface area contributed by atoms with Crippen molar-refractivity contribution < 1.29 is 9.90 Å². The molecule has 1 atom stereocenters. The second kappa shape index (κ2) is 6.01. The number of hydrogen-bond donors (Lipinski definition) is 1. The lowest BCUT2D eigenvalue weighted by atomic mass is 10.1. The molecule has 1 aliphatic heterocycles. The molecule has 0 aliphatic carbocycles. The largest absolute Gasteiger partial charge is 0.385 e. The average Bonchev–Trinajstić information content (AvgIpc) is 2.44. The van der Waals surface area contributed by atoms with E-state index in [0.29, 0.717) is 12.8 Å². The first kappa shape index (κ1) is 13.1. The van der Waals surface area contributed by atoms with E-state index in [1.165, 1.54) is 11.3 Å². The van der Waals surface area contributed by atoms with Crippen LogP contribution in [0.1, 0.15) is 31.2 Å². The Labute approximate surface area is 108 Å². The second-order valence-electron chi connectivity index (χ2n) is 5.05. The van der Waals surface area contributed by atoms with Gasteiger partial charge in [-0.1, -0.05) is 17.7 Å². The number of benzene rings is 1. The minimum atomic E-state index is -0.747. The molecule has 0 saturated carbocycles. The molecule has 1 fully saturated rings. The van der Waals surface area contributed by atoms with E-state index in [1.807, 2.05) is 0 Å². The Morgan fingerprint density at radius 2 is 1.83 bits per heavy atom. The first-order valence-corrected chi connectivity index (χ1v) is 6.69. The lowest BCUT2D eigenvalue weighted by Crippen LogP contribution is -2.25. The Hall–Kier alpha value is -1.35. The summed E-state index contributed by atoms with van der Waals surface area (Å²) in [5, 5.41) is 9.63. The molecule has 98 valence electrons. The predicted octanol–water partition coefficient (Wildman–Crippen LogP) is 2.31. The van der Waals surface area contributed by atoms with Gasteiger partial charge in [-0.05, 0) is 38.3 Å². The van der Waals surface area contributed by atoms with E-state index in [4.69, 9.17) is 0 Å². The lowest BCUT2D eigenvalue weighted by Gasteiger charge is -2.24. The fraction of sp³-hybridized carbons (Fsp3) is 0.533. The van der Waals surface area contributed by atoms with E-state index in [9.17, 15) is 9.90 Å². The maximum Gasteiger partial charge on any atom is 0.161 e. The highest BCUT2D eigenvalue weighted by Crippen LogP contribution is 2.18. The van der Waals surface area contributed by atoms with Gasteiger partial charge in [0.2, 0.25) is 0 Å². The molecule has 1 aromatic carbocycles. The summed E-state index contributed by atoms with van der Waals surface area (Å²) in [4.78, 5) is 13.8. The van der Waals surface area contributed by atoms with Crippen molar-refractivity contribution in [2.45, 2.75) is 38.7 Å². The molecule has 1 aliphatic rings. The summed E-state index contributed by atoms with van der Waals surface area (Å²) in [5.74, 6) is 0.000700. The van der Waals surface area contributed by atoms with Crippen LogP contribution in [0.4, 0.5) is 5.69 Å². The van der Waals surface area contributed by atoms with Crippen LogP contribution in [0, 0.1) is 6.92 Å². The Morgan fingerprint density at radius 3 is 2.56 bits per heavy atom. The molecule has 2 rings (SSSR count). The fourth-order valence-electron chi connectivity index (χ4n) is 2.37. The normalized spacial score (nSPS) is 22.2. The number of aliphatic hydroxyl groups excluding tert-OH is 1. The summed E-state index contributed by atoms with van der Waals surface area (Å²) in [6, 6.07) is 8.49. The van der Waals surface area contributed by atoms with Crippen molar-refractivity contribution in [2.75, 3.05) is 18.0 Å². The number of nitrogens with zero attached hydrogens (tertiary/aromatic N) is 1. The Kier molecular flexibility index (Phi) is 4.37. The quantitative estimate of drug-likeness (QED) is 0.828. The molecular formula is C15H21NO2. The van der Waals surface area contributed by atoms with Crippen molar-refractivity contribution in [1.29, 1.82) is 0 Å². The molecule has 18 heavy (non-hydrogen) atoms. The molecule has 1 N–H and O–H groups in total. The van der Waals surface area contributed by atoms with Crippen molar-refractivity contribution in [1.82, 2.24) is 0 Å². The van der Waals surface area contributed by atoms with Crippen LogP contribution in [0.2, 0.25) is 0 Å². The molecular weight excluding hydrogens is 226 g/mol. The van der Waals surface area contributed by atoms with Gasteiger partial charge in [-0.15, -0.1) is 0 Å². The number of aryl methyl sites for hydroxylation is 1. The summed E-state index contributed by atoms with van der Waals surface area (Å²) in [6.07, 6.45) is 2.01. The molecule has 1 saturated heterocycles. The SMILES string of the molecule is Cc1ccc(N2CCCC(=O)C(O)CCC2)cc1. The van der Waals surface area contributed by atoms with E-state index < -0.39 is 6.10 Å². The number of ketones is 1. The minimum Gasteiger partial charge on any atom is -0.385 e. The van der Waals surface area contributed by atoms with Crippen molar-refractivity contribution in [3.05, 3.63) is 29.8 Å². The van der Waals surface area contributed by atoms with Gasteiger partial charge in [0, 0.05) is 25.2 Å². The van der Waals surface area contributed by atoms with Crippen LogP contribution in [0.5, 0.6) is 0 Å². The zero-order chi connectivity index (χ0) is 13.0. The van der Waals surface area contributed by atoms with Crippen LogP contribution in [0.25, 0.3) is 0 Å². The third kappa shape index (κ3) is 3.33. The molecule has 3 nitrogen and oxygen atoms in total. The highest BCUT2D eigenvalue weighted by Gasteiger charge is 2.18. The molecule has 0 bridgehead atoms. The first-order valence-electron chi connectivity index (χ1n) is 6.69. The molecule has 0 aromatic heterocycles. The van der Waals surface area contributed by atoms with Crippen molar-refractivity contribution in [3.63, 3.8) is 0 Å². The summed E-state index contributed by atoms with van der Waals surface area (Å²) >= 11 is 0. The minimum absolute atomic E-state index is 0.000700. The van der Waals surface area contributed by atoms with Gasteiger partial charge in [-0.2, -0.15) is 0 Å². The maximum atomic E-state index is 11.5. The van der Waals surface area contributed by atoms with Gasteiger partial charge in [-0.25, -0.2) is 0 Å². The maximum absolute atomic E-state index is 11.5. The summed E-state index contributed by atoms with van der Waals surface area (Å²) in [5.41, 5.74) is 2.47. The third-order valence-corrected chi connectivity index (χ3v) is 3.53. The van der Waals surface area contributed by atoms with E-state index in [2.05, 4.69) is 36.1 Å². The number of Topliss-reactive ketones (excluding diaryl/α,β-unsaturated/α-hetero) is 1. The monoisotopic (exact) mass is 247 g/mol. The highest BCUT2D eigenvalue weighted by molar-refractivity contribution is 5.82. The lowest BCUT2D eigenvalue weighted by molar-refractivity contribution is -0.127. The van der Waals surface area contributed by atoms with E-state index in [0.717, 1.165) is 25.9 Å². The Morgan fingerprint density at radius 1 is 1.17 bits per heavy atom. The zero-order valence-corrected chi connectivity index (χ0v) is 10.9. The predicted molar refractivity (Wildman–Crippen MR) is 72.9 cm³/mol. The molecule has 0 spiro atoms. The van der Waals surface area contributed by atoms with Crippen LogP contribution in [-0.2, 0) is 4.79 Å². The van der Waals surface area contributed by atoms with E-state index in [1.54, 1.807) is 0 Å². The van der Waals surface area contributed by atoms with Crippen LogP contribution in [-0.4, -0.2) is 30.1 Å². The van der Waals surface area contributed by atoms with Crippen molar-refractivity contribution in [2.24, 2.45) is 0 Å². The molecule has 1 unspecified atom stereocenters. The number of carbonyl (C=O) groups excluding carboxylic acids is 1. The number of anilines is 1. The molecule has 3 heteroatoms. The highest BCUT2D eigenvalue weighted by atomic mass is 16.3. The van der Waals surface area contributed by atoms with E-state index in [-0.39, 0.29) is 5.78 Å². The number of aliphatic hydroxyl groups is 1. The number of rotatable bonds is 1. The van der Waals surface area contributed by atoms with Gasteiger partial charge in [0.25, 0.3) is 0 Å². The van der Waals surface area contributed by atoms with Crippen molar-refractivity contribution >= 4 is 11.5 Å². The number of hydrogen-bond acceptors (Lipinski definition) is 3. The third-order valence-electron chi connectivity index (χ3n) is 3.53. The summed E-state index contributed by atoms with van der Waals surface area (Å²) < 4.78 is 0. The molecule has 0 radical (unpaired) electrons. The van der Waals surface area contributed by atoms with Gasteiger partial charge in [-0.3, -0.25) is 4.79 Å².